The van der Waals surface area contributed by atoms with Crippen LogP contribution in [0.15, 0.2) is 0 Å². The van der Waals surface area contributed by atoms with Crippen LogP contribution in [0.1, 0.15) is 29.1 Å². The fraction of sp³-hybridized carbons (Fsp3) is 1.00. The van der Waals surface area contributed by atoms with Crippen molar-refractivity contribution in [2.45, 2.75) is 33.2 Å². The van der Waals surface area contributed by atoms with Gasteiger partial charge in [0.1, 0.15) is 0 Å². The van der Waals surface area contributed by atoms with Gasteiger partial charge in [-0.3, -0.25) is 0 Å². The van der Waals surface area contributed by atoms with E-state index < -0.39 is 10.1 Å². The number of hydrogen-bond acceptors (Lipinski definition) is 4. The standard InChI is InChI=1S/C6H15NO3S.Na.H/c1-5-11(8,9)10-7-6(2,3)4;;/h7H,5H2,1-4H3;;/q;+1;-1. The van der Waals surface area contributed by atoms with Crippen LogP contribution in [0, 0.1) is 0 Å². The first-order valence-corrected chi connectivity index (χ1v) is 5.03. The van der Waals surface area contributed by atoms with Gasteiger partial charge in [0.15, 0.2) is 0 Å². The molecule has 0 spiro atoms. The Hall–Kier alpha value is 0.870. The van der Waals surface area contributed by atoms with Crippen LogP contribution in [-0.2, 0) is 14.4 Å². The topological polar surface area (TPSA) is 55.4 Å². The molecule has 70 valence electrons. The molecule has 6 heteroatoms. The van der Waals surface area contributed by atoms with Crippen molar-refractivity contribution in [1.29, 1.82) is 0 Å². The zero-order valence-electron chi connectivity index (χ0n) is 9.34. The molecular formula is C6H16NNaO3S. The van der Waals surface area contributed by atoms with Crippen molar-refractivity contribution in [2.24, 2.45) is 0 Å². The molecule has 0 aliphatic heterocycles. The average Bonchev–Trinajstić information content (AvgIpc) is 1.83. The molecule has 0 aromatic carbocycles. The van der Waals surface area contributed by atoms with E-state index in [-0.39, 0.29) is 42.3 Å². The summed E-state index contributed by atoms with van der Waals surface area (Å²) in [6.07, 6.45) is 0. The Morgan fingerprint density at radius 3 is 2.08 bits per heavy atom. The fourth-order valence-electron chi connectivity index (χ4n) is 0.247. The third kappa shape index (κ3) is 8.96. The minimum absolute atomic E-state index is 0. The molecule has 12 heavy (non-hydrogen) atoms. The molecule has 0 saturated carbocycles. The average molecular weight is 205 g/mol. The number of rotatable bonds is 3. The molecule has 0 aliphatic rings. The molecule has 4 nitrogen and oxygen atoms in total. The van der Waals surface area contributed by atoms with Gasteiger partial charge < -0.3 is 1.43 Å². The first kappa shape index (κ1) is 15.3. The molecule has 0 heterocycles. The molecule has 0 rings (SSSR count). The van der Waals surface area contributed by atoms with Crippen molar-refractivity contribution in [1.82, 2.24) is 5.48 Å². The monoisotopic (exact) mass is 205 g/mol. The van der Waals surface area contributed by atoms with E-state index in [1.807, 2.05) is 20.8 Å². The molecule has 0 unspecified atom stereocenters. The molecular weight excluding hydrogens is 189 g/mol. The van der Waals surface area contributed by atoms with Crippen molar-refractivity contribution < 1.29 is 43.7 Å². The molecule has 0 aromatic rings. The summed E-state index contributed by atoms with van der Waals surface area (Å²) in [6, 6.07) is 0. The molecule has 0 saturated heterocycles. The van der Waals surface area contributed by atoms with Crippen LogP contribution in [0.4, 0.5) is 0 Å². The van der Waals surface area contributed by atoms with Crippen LogP contribution in [0.3, 0.4) is 0 Å². The van der Waals surface area contributed by atoms with Gasteiger partial charge in [0.2, 0.25) is 0 Å². The quantitative estimate of drug-likeness (QED) is 0.418. The van der Waals surface area contributed by atoms with Crippen molar-refractivity contribution in [3.63, 3.8) is 0 Å². The number of hydroxylamine groups is 1. The van der Waals surface area contributed by atoms with Crippen molar-refractivity contribution in [3.05, 3.63) is 0 Å². The van der Waals surface area contributed by atoms with E-state index in [4.69, 9.17) is 0 Å². The predicted octanol–water partition coefficient (Wildman–Crippen LogP) is -2.23. The van der Waals surface area contributed by atoms with Gasteiger partial charge in [-0.15, -0.1) is 0 Å². The van der Waals surface area contributed by atoms with Crippen LogP contribution >= 0.6 is 0 Å². The zero-order valence-corrected chi connectivity index (χ0v) is 11.2. The number of nitrogens with one attached hydrogen (secondary N) is 1. The SMILES string of the molecule is CCS(=O)(=O)ONC(C)(C)C.[H-].[Na+]. The van der Waals surface area contributed by atoms with E-state index >= 15 is 0 Å². The minimum atomic E-state index is -3.36. The first-order valence-electron chi connectivity index (χ1n) is 3.45. The van der Waals surface area contributed by atoms with Gasteiger partial charge in [-0.1, -0.05) is 0 Å². The van der Waals surface area contributed by atoms with E-state index in [1.54, 1.807) is 0 Å². The maximum absolute atomic E-state index is 10.8. The fourth-order valence-corrected chi connectivity index (χ4v) is 0.742. The van der Waals surface area contributed by atoms with Gasteiger partial charge in [0, 0.05) is 5.54 Å². The van der Waals surface area contributed by atoms with E-state index in [0.29, 0.717) is 0 Å². The van der Waals surface area contributed by atoms with E-state index in [9.17, 15) is 8.42 Å². The second kappa shape index (κ2) is 5.57. The van der Waals surface area contributed by atoms with Crippen molar-refractivity contribution in [2.75, 3.05) is 5.75 Å². The van der Waals surface area contributed by atoms with Crippen molar-refractivity contribution in [3.8, 4) is 0 Å². The maximum Gasteiger partial charge on any atom is 1.00 e. The van der Waals surface area contributed by atoms with Crippen molar-refractivity contribution >= 4 is 10.1 Å². The van der Waals surface area contributed by atoms with Gasteiger partial charge in [-0.25, -0.2) is 0 Å². The molecule has 0 radical (unpaired) electrons. The van der Waals surface area contributed by atoms with Crippen LogP contribution < -0.4 is 35.0 Å². The van der Waals surface area contributed by atoms with Crippen LogP contribution in [-0.4, -0.2) is 19.7 Å². The first-order chi connectivity index (χ1) is 4.77. The summed E-state index contributed by atoms with van der Waals surface area (Å²) in [4.78, 5) is 0. The Morgan fingerprint density at radius 1 is 1.42 bits per heavy atom. The Bertz CT molecular complexity index is 212. The Kier molecular flexibility index (Phi) is 7.12. The normalized spacial score (nSPS) is 12.3. The van der Waals surface area contributed by atoms with Crippen LogP contribution in [0.25, 0.3) is 0 Å². The third-order valence-corrected chi connectivity index (χ3v) is 1.87. The molecule has 1 N–H and O–H groups in total. The summed E-state index contributed by atoms with van der Waals surface area (Å²) in [5.41, 5.74) is 2.08. The van der Waals surface area contributed by atoms with E-state index in [0.717, 1.165) is 0 Å². The minimum Gasteiger partial charge on any atom is -1.00 e. The van der Waals surface area contributed by atoms with Gasteiger partial charge in [0.25, 0.3) is 10.1 Å². The summed E-state index contributed by atoms with van der Waals surface area (Å²) in [5, 5.41) is 0. The molecule has 0 fully saturated rings. The van der Waals surface area contributed by atoms with E-state index in [2.05, 4.69) is 9.76 Å². The van der Waals surface area contributed by atoms with Crippen LogP contribution in [0.5, 0.6) is 0 Å². The molecule has 0 atom stereocenters. The van der Waals surface area contributed by atoms with Gasteiger partial charge in [0.05, 0.1) is 5.75 Å². The molecule has 0 bridgehead atoms. The zero-order chi connectivity index (χ0) is 9.12. The smallest absolute Gasteiger partial charge is 1.00 e. The van der Waals surface area contributed by atoms with E-state index in [1.165, 1.54) is 6.92 Å². The Morgan fingerprint density at radius 2 is 1.83 bits per heavy atom. The Labute approximate surface area is 97.9 Å². The molecule has 0 aliphatic carbocycles. The predicted molar refractivity (Wildman–Crippen MR) is 44.5 cm³/mol. The number of hydrogen-bond donors (Lipinski definition) is 1. The second-order valence-corrected chi connectivity index (χ2v) is 5.14. The van der Waals surface area contributed by atoms with Crippen LogP contribution in [0.2, 0.25) is 0 Å². The van der Waals surface area contributed by atoms with Gasteiger partial charge in [-0.05, 0) is 27.7 Å². The molecule has 0 aromatic heterocycles. The summed E-state index contributed by atoms with van der Waals surface area (Å²) < 4.78 is 26.0. The van der Waals surface area contributed by atoms with Gasteiger partial charge >= 0.3 is 29.6 Å². The maximum atomic E-state index is 10.8. The second-order valence-electron chi connectivity index (χ2n) is 3.28. The summed E-state index contributed by atoms with van der Waals surface area (Å²) >= 11 is 0. The third-order valence-electron chi connectivity index (χ3n) is 0.828. The summed E-state index contributed by atoms with van der Waals surface area (Å²) in [7, 11) is -3.36. The largest absolute Gasteiger partial charge is 1.00 e. The summed E-state index contributed by atoms with van der Waals surface area (Å²) in [6.45, 7) is 6.98. The molecule has 0 amide bonds. The summed E-state index contributed by atoms with van der Waals surface area (Å²) in [5.74, 6) is -0.0178. The van der Waals surface area contributed by atoms with Gasteiger partial charge in [-0.2, -0.15) is 18.2 Å². The Balaban J connectivity index is -0.000000500.